The van der Waals surface area contributed by atoms with Crippen molar-refractivity contribution in [2.45, 2.75) is 0 Å². The number of thiocarbonyl (C=S) groups is 1. The minimum Gasteiger partial charge on any atom is -0.478 e. The predicted molar refractivity (Wildman–Crippen MR) is 114 cm³/mol. The number of hydrogen-bond donors (Lipinski definition) is 3. The van der Waals surface area contributed by atoms with E-state index < -0.39 is 5.97 Å². The van der Waals surface area contributed by atoms with Gasteiger partial charge in [-0.15, -0.1) is 0 Å². The molecule has 3 aromatic carbocycles. The molecule has 3 N–H and O–H groups in total. The molecule has 0 aliphatic rings. The molecule has 0 fully saturated rings. The summed E-state index contributed by atoms with van der Waals surface area (Å²) in [5.41, 5.74) is 2.84. The first-order valence-corrected chi connectivity index (χ1v) is 9.03. The van der Waals surface area contributed by atoms with E-state index in [4.69, 9.17) is 28.9 Å². The average molecular weight is 411 g/mol. The van der Waals surface area contributed by atoms with Gasteiger partial charge in [0.1, 0.15) is 0 Å². The number of carboxylic acid groups (broad SMARTS) is 1. The van der Waals surface area contributed by atoms with Crippen molar-refractivity contribution in [1.82, 2.24) is 5.32 Å². The molecule has 3 rings (SSSR count). The quantitative estimate of drug-likeness (QED) is 0.537. The third-order valence-electron chi connectivity index (χ3n) is 3.94. The number of carbonyl (C=O) groups excluding carboxylic acids is 1. The highest BCUT2D eigenvalue weighted by Gasteiger charge is 2.11. The standard InChI is InChI=1S/C21H15ClN2O3S/c22-17-11-10-16(20(26)27)12-18(17)23-21(28)24-19(25)15-8-6-14(7-9-15)13-4-2-1-3-5-13/h1-12H,(H,26,27)(H2,23,24,25,28). The molecule has 0 atom stereocenters. The molecule has 0 aliphatic heterocycles. The van der Waals surface area contributed by atoms with E-state index in [1.165, 1.54) is 18.2 Å². The zero-order chi connectivity index (χ0) is 20.1. The molecule has 1 amide bonds. The van der Waals surface area contributed by atoms with Crippen LogP contribution in [0.1, 0.15) is 20.7 Å². The van der Waals surface area contributed by atoms with E-state index in [2.05, 4.69) is 10.6 Å². The Kier molecular flexibility index (Phi) is 6.03. The van der Waals surface area contributed by atoms with E-state index in [9.17, 15) is 9.59 Å². The summed E-state index contributed by atoms with van der Waals surface area (Å²) in [6.07, 6.45) is 0. The van der Waals surface area contributed by atoms with Crippen LogP contribution in [0.4, 0.5) is 5.69 Å². The minimum absolute atomic E-state index is 0.0153. The van der Waals surface area contributed by atoms with Crippen molar-refractivity contribution in [2.75, 3.05) is 5.32 Å². The number of aromatic carboxylic acids is 1. The Morgan fingerprint density at radius 1 is 0.857 bits per heavy atom. The molecule has 5 nitrogen and oxygen atoms in total. The second-order valence-corrected chi connectivity index (χ2v) is 6.67. The van der Waals surface area contributed by atoms with Crippen molar-refractivity contribution < 1.29 is 14.7 Å². The third kappa shape index (κ3) is 4.73. The molecule has 0 heterocycles. The van der Waals surface area contributed by atoms with Crippen LogP contribution in [0.5, 0.6) is 0 Å². The van der Waals surface area contributed by atoms with Gasteiger partial charge in [-0.05, 0) is 53.7 Å². The largest absolute Gasteiger partial charge is 0.478 e. The maximum atomic E-state index is 12.4. The number of rotatable bonds is 4. The van der Waals surface area contributed by atoms with E-state index >= 15 is 0 Å². The maximum Gasteiger partial charge on any atom is 0.335 e. The number of carboxylic acids is 1. The average Bonchev–Trinajstić information content (AvgIpc) is 2.70. The molecule has 140 valence electrons. The lowest BCUT2D eigenvalue weighted by Gasteiger charge is -2.12. The third-order valence-corrected chi connectivity index (χ3v) is 4.48. The van der Waals surface area contributed by atoms with Gasteiger partial charge >= 0.3 is 5.97 Å². The summed E-state index contributed by atoms with van der Waals surface area (Å²) in [6.45, 7) is 0. The molecule has 0 saturated heterocycles. The molecular formula is C21H15ClN2O3S. The SMILES string of the molecule is O=C(O)c1ccc(Cl)c(NC(=S)NC(=O)c2ccc(-c3ccccc3)cc2)c1. The van der Waals surface area contributed by atoms with E-state index in [-0.39, 0.29) is 21.6 Å². The fourth-order valence-electron chi connectivity index (χ4n) is 2.53. The van der Waals surface area contributed by atoms with Crippen LogP contribution in [0.3, 0.4) is 0 Å². The van der Waals surface area contributed by atoms with Gasteiger partial charge in [0.15, 0.2) is 5.11 Å². The first-order valence-electron chi connectivity index (χ1n) is 8.25. The van der Waals surface area contributed by atoms with Crippen molar-refractivity contribution in [1.29, 1.82) is 0 Å². The van der Waals surface area contributed by atoms with Gasteiger partial charge in [0.2, 0.25) is 0 Å². The Balaban J connectivity index is 1.67. The van der Waals surface area contributed by atoms with E-state index in [1.54, 1.807) is 12.1 Å². The lowest BCUT2D eigenvalue weighted by Crippen LogP contribution is -2.34. The molecule has 3 aromatic rings. The summed E-state index contributed by atoms with van der Waals surface area (Å²) >= 11 is 11.2. The van der Waals surface area contributed by atoms with Crippen LogP contribution in [0.25, 0.3) is 11.1 Å². The van der Waals surface area contributed by atoms with Crippen LogP contribution in [-0.4, -0.2) is 22.1 Å². The Bertz CT molecular complexity index is 1040. The van der Waals surface area contributed by atoms with Gasteiger partial charge < -0.3 is 10.4 Å². The highest BCUT2D eigenvalue weighted by Crippen LogP contribution is 2.23. The lowest BCUT2D eigenvalue weighted by atomic mass is 10.0. The van der Waals surface area contributed by atoms with Crippen molar-refractivity contribution >= 4 is 46.5 Å². The van der Waals surface area contributed by atoms with Crippen LogP contribution in [0.15, 0.2) is 72.8 Å². The van der Waals surface area contributed by atoms with Crippen LogP contribution in [0, 0.1) is 0 Å². The number of benzene rings is 3. The molecule has 0 aliphatic carbocycles. The number of amides is 1. The van der Waals surface area contributed by atoms with Gasteiger partial charge in [-0.25, -0.2) is 4.79 Å². The number of nitrogens with one attached hydrogen (secondary N) is 2. The summed E-state index contributed by atoms with van der Waals surface area (Å²) in [5, 5.41) is 14.7. The van der Waals surface area contributed by atoms with E-state index in [0.717, 1.165) is 11.1 Å². The van der Waals surface area contributed by atoms with Crippen LogP contribution < -0.4 is 10.6 Å². The first-order chi connectivity index (χ1) is 13.4. The summed E-state index contributed by atoms with van der Waals surface area (Å²) in [4.78, 5) is 23.5. The van der Waals surface area contributed by atoms with E-state index in [0.29, 0.717) is 11.3 Å². The van der Waals surface area contributed by atoms with Crippen LogP contribution >= 0.6 is 23.8 Å². The van der Waals surface area contributed by atoms with Crippen molar-refractivity contribution in [3.8, 4) is 11.1 Å². The Morgan fingerprint density at radius 2 is 1.46 bits per heavy atom. The second-order valence-electron chi connectivity index (χ2n) is 5.85. The Morgan fingerprint density at radius 3 is 2.11 bits per heavy atom. The summed E-state index contributed by atoms with van der Waals surface area (Å²) in [6, 6.07) is 21.1. The monoisotopic (exact) mass is 410 g/mol. The molecule has 28 heavy (non-hydrogen) atoms. The second kappa shape index (κ2) is 8.65. The summed E-state index contributed by atoms with van der Waals surface area (Å²) < 4.78 is 0. The van der Waals surface area contributed by atoms with Crippen molar-refractivity contribution in [3.63, 3.8) is 0 Å². The fourth-order valence-corrected chi connectivity index (χ4v) is 2.90. The number of halogens is 1. The highest BCUT2D eigenvalue weighted by molar-refractivity contribution is 7.80. The van der Waals surface area contributed by atoms with Crippen molar-refractivity contribution in [3.05, 3.63) is 88.9 Å². The molecule has 7 heteroatoms. The smallest absolute Gasteiger partial charge is 0.335 e. The van der Waals surface area contributed by atoms with Gasteiger partial charge in [-0.2, -0.15) is 0 Å². The molecular weight excluding hydrogens is 396 g/mol. The predicted octanol–water partition coefficient (Wildman–Crippen LogP) is 4.83. The number of carbonyl (C=O) groups is 2. The summed E-state index contributed by atoms with van der Waals surface area (Å²) in [5.74, 6) is -1.48. The zero-order valence-electron chi connectivity index (χ0n) is 14.5. The topological polar surface area (TPSA) is 78.4 Å². The molecule has 0 aromatic heterocycles. The molecule has 0 saturated carbocycles. The molecule has 0 unspecified atom stereocenters. The molecule has 0 bridgehead atoms. The Hall–Kier alpha value is -3.22. The van der Waals surface area contributed by atoms with Gasteiger partial charge in [0.05, 0.1) is 16.3 Å². The van der Waals surface area contributed by atoms with Crippen LogP contribution in [0.2, 0.25) is 5.02 Å². The number of hydrogen-bond acceptors (Lipinski definition) is 3. The highest BCUT2D eigenvalue weighted by atomic mass is 35.5. The van der Waals surface area contributed by atoms with Gasteiger partial charge in [0.25, 0.3) is 5.91 Å². The maximum absolute atomic E-state index is 12.4. The molecule has 0 radical (unpaired) electrons. The fraction of sp³-hybridized carbons (Fsp3) is 0. The normalized spacial score (nSPS) is 10.2. The number of anilines is 1. The van der Waals surface area contributed by atoms with Gasteiger partial charge in [-0.3, -0.25) is 10.1 Å². The Labute approximate surface area is 172 Å². The molecule has 0 spiro atoms. The lowest BCUT2D eigenvalue weighted by molar-refractivity contribution is 0.0696. The summed E-state index contributed by atoms with van der Waals surface area (Å²) in [7, 11) is 0. The first kappa shape index (κ1) is 19.5. The van der Waals surface area contributed by atoms with Crippen LogP contribution in [-0.2, 0) is 0 Å². The van der Waals surface area contributed by atoms with Gasteiger partial charge in [0, 0.05) is 5.56 Å². The van der Waals surface area contributed by atoms with E-state index in [1.807, 2.05) is 42.5 Å². The zero-order valence-corrected chi connectivity index (χ0v) is 16.1. The minimum atomic E-state index is -1.09. The van der Waals surface area contributed by atoms with Gasteiger partial charge in [-0.1, -0.05) is 54.1 Å². The van der Waals surface area contributed by atoms with Crippen molar-refractivity contribution in [2.24, 2.45) is 0 Å².